The molecule has 0 fully saturated rings. The maximum atomic E-state index is 12.4. The van der Waals surface area contributed by atoms with Crippen LogP contribution < -0.4 is 59.1 Å². The van der Waals surface area contributed by atoms with Crippen LogP contribution in [0.1, 0.15) is 16.1 Å². The number of para-hydroxylation sites is 2. The zero-order valence-corrected chi connectivity index (χ0v) is 23.3. The third-order valence-corrected chi connectivity index (χ3v) is 3.51. The van der Waals surface area contributed by atoms with Crippen molar-refractivity contribution < 1.29 is 94.6 Å². The number of benzene rings is 2. The predicted octanol–water partition coefficient (Wildman–Crippen LogP) is -4.19. The molecular weight excluding hydrogens is 482 g/mol. The quantitative estimate of drug-likeness (QED) is 0.193. The molecule has 0 bridgehead atoms. The number of aliphatic imine (C=N–C) groups is 1. The first kappa shape index (κ1) is 32.8. The number of carbonyl (C=O) groups excluding carboxylic acids is 1. The summed E-state index contributed by atoms with van der Waals surface area (Å²) in [5.74, 6) is -0.0945. The molecule has 160 valence electrons. The standard InChI is InChI=1S/C16H10N2O2.CH4O3S.CH3.2Na.O3S/c19-15-9-5-1-3-7-11(9)17-13(15)14-16(20)10-6-2-4-8-12(10)18-14;1-5(2,3)4;;;;1-4(2)3/h1-8,17,19H;1H3,(H,2,3,4);1H3;;;/q;;-1;2*+1;/p-1. The molecule has 3 aromatic rings. The number of fused-ring (bicyclic) bond motifs is 2. The maximum absolute atomic E-state index is 12.4. The van der Waals surface area contributed by atoms with E-state index >= 15 is 0 Å². The van der Waals surface area contributed by atoms with Gasteiger partial charge in [0.2, 0.25) is 5.78 Å². The largest absolute Gasteiger partial charge is 1.00 e. The monoisotopic (exact) mass is 498 g/mol. The van der Waals surface area contributed by atoms with Crippen LogP contribution in [-0.4, -0.2) is 53.4 Å². The molecule has 0 amide bonds. The van der Waals surface area contributed by atoms with Crippen LogP contribution in [0.15, 0.2) is 53.5 Å². The fourth-order valence-corrected chi connectivity index (χ4v) is 2.53. The van der Waals surface area contributed by atoms with Crippen molar-refractivity contribution in [2.75, 3.05) is 6.26 Å². The number of rotatable bonds is 1. The van der Waals surface area contributed by atoms with Crippen LogP contribution in [0, 0.1) is 7.43 Å². The van der Waals surface area contributed by atoms with Gasteiger partial charge in [0.05, 0.1) is 15.8 Å². The summed E-state index contributed by atoms with van der Waals surface area (Å²) in [5, 5.41) is 11.0. The van der Waals surface area contributed by atoms with E-state index in [1.54, 1.807) is 24.3 Å². The topological polar surface area (TPSA) is 174 Å². The molecule has 1 aromatic heterocycles. The number of nitrogens with zero attached hydrogens (tertiary/aromatic N) is 1. The van der Waals surface area contributed by atoms with E-state index in [-0.39, 0.29) is 83.8 Å². The first-order chi connectivity index (χ1) is 13.5. The third kappa shape index (κ3) is 9.25. The first-order valence-corrected chi connectivity index (χ1v) is 10.5. The molecule has 10 nitrogen and oxygen atoms in total. The Morgan fingerprint density at radius 1 is 1.00 bits per heavy atom. The van der Waals surface area contributed by atoms with Crippen molar-refractivity contribution in [3.8, 4) is 5.75 Å². The van der Waals surface area contributed by atoms with Gasteiger partial charge in [-0.2, -0.15) is 0 Å². The molecule has 4 rings (SSSR count). The Morgan fingerprint density at radius 3 is 1.97 bits per heavy atom. The van der Waals surface area contributed by atoms with E-state index in [1.165, 1.54) is 0 Å². The van der Waals surface area contributed by atoms with Crippen molar-refractivity contribution in [2.45, 2.75) is 0 Å². The van der Waals surface area contributed by atoms with Gasteiger partial charge in [-0.05, 0) is 24.3 Å². The summed E-state index contributed by atoms with van der Waals surface area (Å²) >= 11 is 0. The minimum Gasteiger partial charge on any atom is -0.748 e. The number of aromatic nitrogens is 1. The van der Waals surface area contributed by atoms with E-state index in [4.69, 9.17) is 25.6 Å². The van der Waals surface area contributed by atoms with Gasteiger partial charge in [0.15, 0.2) is 5.75 Å². The van der Waals surface area contributed by atoms with Gasteiger partial charge in [-0.15, -0.1) is 12.6 Å². The normalized spacial score (nSPS) is 11.1. The maximum Gasteiger partial charge on any atom is 1.00 e. The average molecular weight is 498 g/mol. The van der Waals surface area contributed by atoms with Crippen molar-refractivity contribution in [2.24, 2.45) is 4.99 Å². The summed E-state index contributed by atoms with van der Waals surface area (Å²) < 4.78 is 52.6. The zero-order chi connectivity index (χ0) is 21.8. The number of hydrogen-bond donors (Lipinski definition) is 2. The van der Waals surface area contributed by atoms with Gasteiger partial charge >= 0.3 is 69.7 Å². The van der Waals surface area contributed by atoms with Crippen LogP contribution in [-0.2, 0) is 20.7 Å². The molecular formula is C18H16N2Na2O8S2. The van der Waals surface area contributed by atoms with Gasteiger partial charge in [0, 0.05) is 22.7 Å². The fraction of sp³-hybridized carbons (Fsp3) is 0.0556. The Labute approximate surface area is 230 Å². The molecule has 14 heteroatoms. The van der Waals surface area contributed by atoms with Gasteiger partial charge in [-0.1, -0.05) is 24.3 Å². The van der Waals surface area contributed by atoms with Crippen molar-refractivity contribution >= 4 is 48.8 Å². The van der Waals surface area contributed by atoms with Crippen LogP contribution in [0.5, 0.6) is 5.75 Å². The second-order valence-electron chi connectivity index (χ2n) is 5.61. The Morgan fingerprint density at radius 2 is 1.47 bits per heavy atom. The predicted molar refractivity (Wildman–Crippen MR) is 109 cm³/mol. The van der Waals surface area contributed by atoms with Crippen molar-refractivity contribution in [1.82, 2.24) is 4.98 Å². The average Bonchev–Trinajstić information content (AvgIpc) is 3.11. The smallest absolute Gasteiger partial charge is 0.748 e. The van der Waals surface area contributed by atoms with E-state index in [9.17, 15) is 9.90 Å². The van der Waals surface area contributed by atoms with Crippen molar-refractivity contribution in [3.63, 3.8) is 0 Å². The Kier molecular flexibility index (Phi) is 14.4. The van der Waals surface area contributed by atoms with Crippen LogP contribution in [0.4, 0.5) is 5.69 Å². The van der Waals surface area contributed by atoms with Gasteiger partial charge in [0.1, 0.15) is 11.4 Å². The molecule has 0 saturated heterocycles. The van der Waals surface area contributed by atoms with E-state index < -0.39 is 20.7 Å². The van der Waals surface area contributed by atoms with Gasteiger partial charge in [-0.25, -0.2) is 13.4 Å². The number of H-pyrrole nitrogens is 1. The summed E-state index contributed by atoms with van der Waals surface area (Å²) in [4.78, 5) is 19.8. The Bertz CT molecular complexity index is 1320. The number of nitrogens with one attached hydrogen (secondary N) is 1. The second-order valence-corrected chi connectivity index (χ2v) is 7.43. The molecule has 0 spiro atoms. The van der Waals surface area contributed by atoms with Crippen molar-refractivity contribution in [3.05, 3.63) is 67.2 Å². The molecule has 2 aromatic carbocycles. The Balaban J connectivity index is 0. The van der Waals surface area contributed by atoms with E-state index in [2.05, 4.69) is 9.98 Å². The van der Waals surface area contributed by atoms with Crippen molar-refractivity contribution in [1.29, 1.82) is 0 Å². The summed E-state index contributed by atoms with van der Waals surface area (Å²) in [6.45, 7) is 0. The SMILES string of the molecule is CS(=O)(=O)[O-].O=C1C(c2[nH]c3ccccc3c2O)=Nc2ccccc21.O=S(=O)=O.[CH3-].[Na+].[Na+]. The summed E-state index contributed by atoms with van der Waals surface area (Å²) in [6, 6.07) is 14.5. The first-order valence-electron chi connectivity index (χ1n) is 7.69. The molecule has 0 radical (unpaired) electrons. The molecule has 1 aliphatic heterocycles. The second kappa shape index (κ2) is 14.0. The van der Waals surface area contributed by atoms with Crippen LogP contribution in [0.25, 0.3) is 10.9 Å². The molecule has 0 aliphatic carbocycles. The Hall–Kier alpha value is -1.35. The molecule has 32 heavy (non-hydrogen) atoms. The van der Waals surface area contributed by atoms with Crippen LogP contribution in [0.2, 0.25) is 0 Å². The van der Waals surface area contributed by atoms with Crippen LogP contribution in [0.3, 0.4) is 0 Å². The third-order valence-electron chi connectivity index (χ3n) is 3.51. The van der Waals surface area contributed by atoms with Crippen LogP contribution >= 0.6 is 0 Å². The molecule has 2 heterocycles. The minimum atomic E-state index is -3.92. The van der Waals surface area contributed by atoms with Gasteiger partial charge in [0.25, 0.3) is 0 Å². The minimum absolute atomic E-state index is 0. The van der Waals surface area contributed by atoms with Gasteiger partial charge < -0.3 is 22.1 Å². The molecule has 0 saturated carbocycles. The number of carbonyl (C=O) groups is 1. The number of Topliss-reactive ketones (excluding diaryl/α,β-unsaturated/α-hetero) is 1. The summed E-state index contributed by atoms with van der Waals surface area (Å²) in [7, 11) is -7.03. The van der Waals surface area contributed by atoms with E-state index in [0.29, 0.717) is 28.6 Å². The fourth-order valence-electron chi connectivity index (χ4n) is 2.53. The molecule has 1 aliphatic rings. The molecule has 2 N–H and O–H groups in total. The molecule has 0 atom stereocenters. The number of ketones is 1. The summed E-state index contributed by atoms with van der Waals surface area (Å²) in [5.41, 5.74) is 2.64. The van der Waals surface area contributed by atoms with E-state index in [0.717, 1.165) is 5.52 Å². The number of aromatic hydroxyl groups is 1. The zero-order valence-electron chi connectivity index (χ0n) is 17.7. The number of hydrogen-bond acceptors (Lipinski definition) is 9. The van der Waals surface area contributed by atoms with Gasteiger partial charge in [-0.3, -0.25) is 4.79 Å². The number of aromatic amines is 1. The van der Waals surface area contributed by atoms with E-state index in [1.807, 2.05) is 24.3 Å². The molecule has 0 unspecified atom stereocenters. The summed E-state index contributed by atoms with van der Waals surface area (Å²) in [6.07, 6.45) is 0.604.